The maximum absolute atomic E-state index is 12.9. The van der Waals surface area contributed by atoms with Crippen LogP contribution in [-0.4, -0.2) is 19.1 Å². The number of hydrogen-bond donors (Lipinski definition) is 1. The Morgan fingerprint density at radius 2 is 2.00 bits per heavy atom. The molecule has 21 heavy (non-hydrogen) atoms. The van der Waals surface area contributed by atoms with Gasteiger partial charge in [0.15, 0.2) is 0 Å². The lowest BCUT2D eigenvalue weighted by molar-refractivity contribution is 0.0987. The Balaban J connectivity index is 2.06. The lowest BCUT2D eigenvalue weighted by atomic mass is 10.0. The number of aryl methyl sites for hydroxylation is 1. The second-order valence-corrected chi connectivity index (χ2v) is 5.17. The van der Waals surface area contributed by atoms with E-state index in [1.165, 1.54) is 0 Å². The highest BCUT2D eigenvalue weighted by Gasteiger charge is 2.25. The molecule has 3 rings (SSSR count). The molecule has 1 aliphatic rings. The first-order valence-corrected chi connectivity index (χ1v) is 7.07. The third-order valence-electron chi connectivity index (χ3n) is 3.70. The normalized spacial score (nSPS) is 14.0. The highest BCUT2D eigenvalue weighted by atomic mass is 16.5. The first kappa shape index (κ1) is 13.5. The molecule has 0 unspecified atom stereocenters. The van der Waals surface area contributed by atoms with E-state index in [9.17, 15) is 4.79 Å². The number of carbonyl (C=O) groups excluding carboxylic acids is 1. The van der Waals surface area contributed by atoms with Gasteiger partial charge in [0.05, 0.1) is 17.9 Å². The number of para-hydroxylation sites is 2. The Labute approximate surface area is 124 Å². The van der Waals surface area contributed by atoms with Crippen LogP contribution >= 0.6 is 0 Å². The molecule has 2 aromatic rings. The number of anilines is 2. The van der Waals surface area contributed by atoms with Crippen LogP contribution in [-0.2, 0) is 0 Å². The van der Waals surface area contributed by atoms with Crippen LogP contribution in [0.25, 0.3) is 0 Å². The minimum atomic E-state index is -0.0662. The largest absolute Gasteiger partial charge is 0.491 e. The van der Waals surface area contributed by atoms with Gasteiger partial charge < -0.3 is 15.4 Å². The summed E-state index contributed by atoms with van der Waals surface area (Å²) in [6.45, 7) is 3.15. The summed E-state index contributed by atoms with van der Waals surface area (Å²) in [5.41, 5.74) is 8.80. The molecular weight excluding hydrogens is 264 g/mol. The van der Waals surface area contributed by atoms with Gasteiger partial charge in [-0.25, -0.2) is 0 Å². The summed E-state index contributed by atoms with van der Waals surface area (Å²) in [6.07, 6.45) is 0.798. The molecule has 2 N–H and O–H groups in total. The second-order valence-electron chi connectivity index (χ2n) is 5.17. The monoisotopic (exact) mass is 282 g/mol. The van der Waals surface area contributed by atoms with E-state index < -0.39 is 0 Å². The molecule has 0 bridgehead atoms. The molecule has 1 aliphatic heterocycles. The number of nitrogen functional groups attached to an aromatic ring is 1. The number of ether oxygens (including phenoxy) is 1. The summed E-state index contributed by atoms with van der Waals surface area (Å²) in [5.74, 6) is 0.680. The van der Waals surface area contributed by atoms with Crippen LogP contribution in [0, 0.1) is 6.92 Å². The number of carbonyl (C=O) groups is 1. The van der Waals surface area contributed by atoms with Crippen molar-refractivity contribution in [2.75, 3.05) is 23.8 Å². The Morgan fingerprint density at radius 3 is 2.81 bits per heavy atom. The maximum atomic E-state index is 12.9. The van der Waals surface area contributed by atoms with E-state index in [1.54, 1.807) is 11.0 Å². The fourth-order valence-corrected chi connectivity index (χ4v) is 2.66. The predicted octanol–water partition coefficient (Wildman–Crippen LogP) is 3.01. The molecule has 4 nitrogen and oxygen atoms in total. The van der Waals surface area contributed by atoms with Crippen molar-refractivity contribution in [1.82, 2.24) is 0 Å². The van der Waals surface area contributed by atoms with E-state index in [0.29, 0.717) is 24.4 Å². The lowest BCUT2D eigenvalue weighted by Gasteiger charge is -2.23. The van der Waals surface area contributed by atoms with Crippen LogP contribution in [0.15, 0.2) is 42.5 Å². The standard InChI is InChI=1S/C17H18N2O2/c1-12-6-4-7-13(18)16(12)17(20)19-10-5-11-21-15-9-3-2-8-14(15)19/h2-4,6-9H,5,10-11,18H2,1H3. The van der Waals surface area contributed by atoms with Crippen molar-refractivity contribution in [2.45, 2.75) is 13.3 Å². The topological polar surface area (TPSA) is 55.6 Å². The van der Waals surface area contributed by atoms with Gasteiger partial charge in [0.1, 0.15) is 5.75 Å². The van der Waals surface area contributed by atoms with Gasteiger partial charge in [0, 0.05) is 12.2 Å². The maximum Gasteiger partial charge on any atom is 0.260 e. The smallest absolute Gasteiger partial charge is 0.260 e. The van der Waals surface area contributed by atoms with Crippen LogP contribution in [0.4, 0.5) is 11.4 Å². The number of amides is 1. The Morgan fingerprint density at radius 1 is 1.19 bits per heavy atom. The SMILES string of the molecule is Cc1cccc(N)c1C(=O)N1CCCOc2ccccc21. The van der Waals surface area contributed by atoms with E-state index >= 15 is 0 Å². The highest BCUT2D eigenvalue weighted by Crippen LogP contribution is 2.32. The zero-order valence-corrected chi connectivity index (χ0v) is 12.0. The van der Waals surface area contributed by atoms with Crippen molar-refractivity contribution in [3.63, 3.8) is 0 Å². The summed E-state index contributed by atoms with van der Waals surface area (Å²) in [6, 6.07) is 13.2. The minimum absolute atomic E-state index is 0.0662. The Kier molecular flexibility index (Phi) is 3.52. The number of hydrogen-bond acceptors (Lipinski definition) is 3. The van der Waals surface area contributed by atoms with Crippen LogP contribution in [0.1, 0.15) is 22.3 Å². The molecular formula is C17H18N2O2. The third kappa shape index (κ3) is 2.44. The molecule has 0 aromatic heterocycles. The number of rotatable bonds is 1. The van der Waals surface area contributed by atoms with E-state index in [-0.39, 0.29) is 5.91 Å². The van der Waals surface area contributed by atoms with Crippen LogP contribution < -0.4 is 15.4 Å². The van der Waals surface area contributed by atoms with Crippen molar-refractivity contribution >= 4 is 17.3 Å². The number of fused-ring (bicyclic) bond motifs is 1. The van der Waals surface area contributed by atoms with Gasteiger partial charge in [0.25, 0.3) is 5.91 Å². The molecule has 0 spiro atoms. The zero-order valence-electron chi connectivity index (χ0n) is 12.0. The van der Waals surface area contributed by atoms with Crippen LogP contribution in [0.2, 0.25) is 0 Å². The molecule has 0 aliphatic carbocycles. The molecule has 0 radical (unpaired) electrons. The second kappa shape index (κ2) is 5.48. The fourth-order valence-electron chi connectivity index (χ4n) is 2.66. The van der Waals surface area contributed by atoms with Crippen LogP contribution in [0.5, 0.6) is 5.75 Å². The van der Waals surface area contributed by atoms with Gasteiger partial charge in [-0.05, 0) is 37.1 Å². The molecule has 0 saturated carbocycles. The number of nitrogens with two attached hydrogens (primary N) is 1. The quantitative estimate of drug-likeness (QED) is 0.818. The summed E-state index contributed by atoms with van der Waals surface area (Å²) in [5, 5.41) is 0. The molecule has 4 heteroatoms. The van der Waals surface area contributed by atoms with Crippen molar-refractivity contribution in [3.8, 4) is 5.75 Å². The fraction of sp³-hybridized carbons (Fsp3) is 0.235. The van der Waals surface area contributed by atoms with Gasteiger partial charge in [0.2, 0.25) is 0 Å². The minimum Gasteiger partial charge on any atom is -0.491 e. The molecule has 1 heterocycles. The van der Waals surface area contributed by atoms with E-state index in [1.807, 2.05) is 43.3 Å². The highest BCUT2D eigenvalue weighted by molar-refractivity contribution is 6.11. The van der Waals surface area contributed by atoms with E-state index in [4.69, 9.17) is 10.5 Å². The summed E-state index contributed by atoms with van der Waals surface area (Å²) >= 11 is 0. The summed E-state index contributed by atoms with van der Waals surface area (Å²) in [7, 11) is 0. The van der Waals surface area contributed by atoms with E-state index in [2.05, 4.69) is 0 Å². The average Bonchev–Trinajstić information content (AvgIpc) is 2.69. The summed E-state index contributed by atoms with van der Waals surface area (Å²) < 4.78 is 5.70. The van der Waals surface area contributed by atoms with Crippen LogP contribution in [0.3, 0.4) is 0 Å². The Bertz CT molecular complexity index is 662. The first-order chi connectivity index (χ1) is 10.2. The van der Waals surface area contributed by atoms with Crippen molar-refractivity contribution < 1.29 is 9.53 Å². The lowest BCUT2D eigenvalue weighted by Crippen LogP contribution is -2.32. The molecule has 1 amide bonds. The van der Waals surface area contributed by atoms with Crippen molar-refractivity contribution in [3.05, 3.63) is 53.6 Å². The molecule has 2 aromatic carbocycles. The average molecular weight is 282 g/mol. The number of nitrogens with zero attached hydrogens (tertiary/aromatic N) is 1. The first-order valence-electron chi connectivity index (χ1n) is 7.07. The van der Waals surface area contributed by atoms with Gasteiger partial charge in [-0.2, -0.15) is 0 Å². The zero-order chi connectivity index (χ0) is 14.8. The molecule has 108 valence electrons. The van der Waals surface area contributed by atoms with Gasteiger partial charge in [-0.1, -0.05) is 24.3 Å². The number of benzene rings is 2. The van der Waals surface area contributed by atoms with Gasteiger partial charge >= 0.3 is 0 Å². The van der Waals surface area contributed by atoms with Gasteiger partial charge in [-0.15, -0.1) is 0 Å². The summed E-state index contributed by atoms with van der Waals surface area (Å²) in [4.78, 5) is 14.7. The molecule has 0 saturated heterocycles. The van der Waals surface area contributed by atoms with Gasteiger partial charge in [-0.3, -0.25) is 4.79 Å². The molecule has 0 atom stereocenters. The van der Waals surface area contributed by atoms with E-state index in [0.717, 1.165) is 23.4 Å². The Hall–Kier alpha value is -2.49. The molecule has 0 fully saturated rings. The van der Waals surface area contributed by atoms with Crippen molar-refractivity contribution in [1.29, 1.82) is 0 Å². The third-order valence-corrected chi connectivity index (χ3v) is 3.70. The predicted molar refractivity (Wildman–Crippen MR) is 83.8 cm³/mol. The van der Waals surface area contributed by atoms with Crippen molar-refractivity contribution in [2.24, 2.45) is 0 Å².